The number of aliphatic imine (C=N–C) groups is 1. The highest BCUT2D eigenvalue weighted by Crippen LogP contribution is 2.03. The van der Waals surface area contributed by atoms with Crippen molar-refractivity contribution in [3.63, 3.8) is 0 Å². The Bertz CT molecular complexity index is 1090. The van der Waals surface area contributed by atoms with Crippen molar-refractivity contribution in [1.82, 2.24) is 31.9 Å². The second-order valence-corrected chi connectivity index (χ2v) is 10.4. The fraction of sp³-hybridized carbons (Fsp3) is 0.640. The fourth-order valence-electron chi connectivity index (χ4n) is 3.52. The molecule has 0 aromatic carbocycles. The topological polar surface area (TPSA) is 308 Å². The number of thioether (sulfide) groups is 1. The van der Waals surface area contributed by atoms with Crippen molar-refractivity contribution in [2.24, 2.45) is 22.2 Å². The van der Waals surface area contributed by atoms with Gasteiger partial charge in [0.05, 0.1) is 26.7 Å². The van der Waals surface area contributed by atoms with Crippen LogP contribution in [-0.4, -0.2) is 117 Å². The van der Waals surface area contributed by atoms with Crippen LogP contribution in [0.4, 0.5) is 0 Å². The molecule has 3 unspecified atom stereocenters. The van der Waals surface area contributed by atoms with Crippen molar-refractivity contribution in [1.29, 1.82) is 0 Å². The Morgan fingerprint density at radius 2 is 1.22 bits per heavy atom. The van der Waals surface area contributed by atoms with Crippen LogP contribution in [0.15, 0.2) is 4.99 Å². The van der Waals surface area contributed by atoms with Gasteiger partial charge in [-0.1, -0.05) is 0 Å². The van der Waals surface area contributed by atoms with Gasteiger partial charge in [0.2, 0.25) is 41.4 Å². The number of primary amides is 1. The number of hydrogen-bond acceptors (Lipinski definition) is 11. The third-order valence-electron chi connectivity index (χ3n) is 5.70. The molecule has 0 heterocycles. The number of nitrogens with one attached hydrogen (secondary N) is 6. The van der Waals surface area contributed by atoms with Gasteiger partial charge in [0.25, 0.3) is 0 Å². The molecule has 0 radical (unpaired) electrons. The molecule has 0 bridgehead atoms. The van der Waals surface area contributed by atoms with Crippen LogP contribution in [0.25, 0.3) is 0 Å². The van der Waals surface area contributed by atoms with Gasteiger partial charge < -0.3 is 53.8 Å². The molecule has 0 aliphatic heterocycles. The monoisotopic (exact) mass is 660 g/mol. The van der Waals surface area contributed by atoms with Gasteiger partial charge in [0.15, 0.2) is 5.96 Å². The summed E-state index contributed by atoms with van der Waals surface area (Å²) < 4.78 is 4.53. The third kappa shape index (κ3) is 20.1. The zero-order valence-corrected chi connectivity index (χ0v) is 26.4. The fourth-order valence-corrected chi connectivity index (χ4v) is 4.00. The van der Waals surface area contributed by atoms with E-state index in [2.05, 4.69) is 41.6 Å². The first-order chi connectivity index (χ1) is 21.2. The molecule has 0 fully saturated rings. The van der Waals surface area contributed by atoms with Gasteiger partial charge in [-0.15, -0.1) is 0 Å². The maximum absolute atomic E-state index is 12.8. The average molecular weight is 661 g/mol. The van der Waals surface area contributed by atoms with E-state index in [0.717, 1.165) is 0 Å². The van der Waals surface area contributed by atoms with Gasteiger partial charge in [-0.05, 0) is 37.7 Å². The summed E-state index contributed by atoms with van der Waals surface area (Å²) in [6.45, 7) is -0.179. The van der Waals surface area contributed by atoms with E-state index >= 15 is 0 Å². The van der Waals surface area contributed by atoms with E-state index in [1.807, 2.05) is 0 Å². The summed E-state index contributed by atoms with van der Waals surface area (Å²) in [5.74, 6) is -5.14. The Labute approximate surface area is 264 Å². The number of esters is 1. The van der Waals surface area contributed by atoms with Crippen LogP contribution < -0.4 is 49.1 Å². The largest absolute Gasteiger partial charge is 0.469 e. The second kappa shape index (κ2) is 22.9. The minimum Gasteiger partial charge on any atom is -0.469 e. The van der Waals surface area contributed by atoms with E-state index in [0.29, 0.717) is 12.2 Å². The molecule has 7 amide bonds. The van der Waals surface area contributed by atoms with Gasteiger partial charge in [-0.3, -0.25) is 43.3 Å². The number of ether oxygens (including phenoxy) is 1. The number of amides is 7. The SMILES string of the molecule is COC(=O)CCC(NC(C)=O)C(=O)NCC(=O)NC(CCSC)C(=O)NCC(=O)NC(CCCN=C(N)N)C(=O)NCC(N)=O. The average Bonchev–Trinajstić information content (AvgIpc) is 2.98. The number of nitrogens with two attached hydrogens (primary N) is 3. The highest BCUT2D eigenvalue weighted by molar-refractivity contribution is 7.98. The van der Waals surface area contributed by atoms with Crippen molar-refractivity contribution in [2.75, 3.05) is 45.3 Å². The summed E-state index contributed by atoms with van der Waals surface area (Å²) in [5.41, 5.74) is 15.6. The van der Waals surface area contributed by atoms with Crippen LogP contribution in [0.2, 0.25) is 0 Å². The molecule has 45 heavy (non-hydrogen) atoms. The molecule has 0 rings (SSSR count). The van der Waals surface area contributed by atoms with Crippen molar-refractivity contribution < 1.29 is 43.1 Å². The molecular weight excluding hydrogens is 616 g/mol. The number of carbonyl (C=O) groups is 8. The molecule has 0 aromatic rings. The summed E-state index contributed by atoms with van der Waals surface area (Å²) in [6, 6.07) is -3.27. The van der Waals surface area contributed by atoms with Gasteiger partial charge in [-0.25, -0.2) is 0 Å². The Morgan fingerprint density at radius 1 is 0.733 bits per heavy atom. The molecule has 0 saturated carbocycles. The highest BCUT2D eigenvalue weighted by atomic mass is 32.2. The molecule has 0 aliphatic rings. The van der Waals surface area contributed by atoms with Gasteiger partial charge in [0.1, 0.15) is 18.1 Å². The Morgan fingerprint density at radius 3 is 1.67 bits per heavy atom. The first-order valence-electron chi connectivity index (χ1n) is 13.8. The van der Waals surface area contributed by atoms with E-state index in [1.165, 1.54) is 25.8 Å². The molecule has 0 aromatic heterocycles. The summed E-state index contributed by atoms with van der Waals surface area (Å²) in [6.07, 6.45) is 2.16. The standard InChI is InChI=1S/C25H44N10O9S/c1-14(36)33-16(6-7-21(40)44-2)23(42)31-13-20(39)35-17(8-10-45-3)24(43)32-12-19(38)34-15(5-4-9-29-25(27)28)22(41)30-11-18(26)37/h15-17H,4-13H2,1-3H3,(H2,26,37)(H,30,41)(H,31,42)(H,32,43)(H,33,36)(H,34,38)(H,35,39)(H4,27,28,29). The summed E-state index contributed by atoms with van der Waals surface area (Å²) >= 11 is 1.41. The van der Waals surface area contributed by atoms with E-state index < -0.39 is 85.1 Å². The molecule has 0 saturated heterocycles. The Kier molecular flexibility index (Phi) is 20.5. The van der Waals surface area contributed by atoms with E-state index in [1.54, 1.807) is 6.26 Å². The summed E-state index contributed by atoms with van der Waals surface area (Å²) in [7, 11) is 1.18. The lowest BCUT2D eigenvalue weighted by Crippen LogP contribution is -2.54. The lowest BCUT2D eigenvalue weighted by Gasteiger charge is -2.21. The first-order valence-corrected chi connectivity index (χ1v) is 15.2. The quantitative estimate of drug-likeness (QED) is 0.0228. The molecule has 19 nitrogen and oxygen atoms in total. The third-order valence-corrected chi connectivity index (χ3v) is 6.35. The van der Waals surface area contributed by atoms with Crippen molar-refractivity contribution in [3.05, 3.63) is 0 Å². The van der Waals surface area contributed by atoms with Gasteiger partial charge in [0, 0.05) is 19.9 Å². The van der Waals surface area contributed by atoms with E-state index in [9.17, 15) is 38.4 Å². The highest BCUT2D eigenvalue weighted by Gasteiger charge is 2.25. The van der Waals surface area contributed by atoms with Crippen LogP contribution in [0.3, 0.4) is 0 Å². The Balaban J connectivity index is 5.17. The van der Waals surface area contributed by atoms with Gasteiger partial charge in [-0.2, -0.15) is 11.8 Å². The van der Waals surface area contributed by atoms with Crippen molar-refractivity contribution >= 4 is 65.0 Å². The number of rotatable bonds is 22. The van der Waals surface area contributed by atoms with E-state index in [4.69, 9.17) is 17.2 Å². The van der Waals surface area contributed by atoms with Crippen LogP contribution in [0, 0.1) is 0 Å². The van der Waals surface area contributed by atoms with Gasteiger partial charge >= 0.3 is 5.97 Å². The lowest BCUT2D eigenvalue weighted by atomic mass is 10.1. The van der Waals surface area contributed by atoms with E-state index in [-0.39, 0.29) is 38.2 Å². The maximum atomic E-state index is 12.8. The zero-order valence-electron chi connectivity index (χ0n) is 25.6. The molecule has 0 spiro atoms. The summed E-state index contributed by atoms with van der Waals surface area (Å²) in [4.78, 5) is 101. The van der Waals surface area contributed by atoms with Crippen molar-refractivity contribution in [2.45, 2.75) is 57.2 Å². The molecule has 20 heteroatoms. The molecular formula is C25H44N10O9S. The normalized spacial score (nSPS) is 12.2. The molecule has 12 N–H and O–H groups in total. The zero-order chi connectivity index (χ0) is 34.4. The maximum Gasteiger partial charge on any atom is 0.305 e. The second-order valence-electron chi connectivity index (χ2n) is 9.46. The lowest BCUT2D eigenvalue weighted by molar-refractivity contribution is -0.141. The molecule has 254 valence electrons. The summed E-state index contributed by atoms with van der Waals surface area (Å²) in [5, 5.41) is 14.4. The number of hydrogen-bond donors (Lipinski definition) is 9. The minimum atomic E-state index is -1.10. The number of guanidine groups is 1. The van der Waals surface area contributed by atoms with Crippen LogP contribution in [0.5, 0.6) is 0 Å². The molecule has 3 atom stereocenters. The predicted molar refractivity (Wildman–Crippen MR) is 164 cm³/mol. The van der Waals surface area contributed by atoms with Crippen LogP contribution in [0.1, 0.15) is 39.0 Å². The predicted octanol–water partition coefficient (Wildman–Crippen LogP) is -4.95. The van der Waals surface area contributed by atoms with Crippen LogP contribution >= 0.6 is 11.8 Å². The van der Waals surface area contributed by atoms with Crippen molar-refractivity contribution in [3.8, 4) is 0 Å². The molecule has 0 aliphatic carbocycles. The number of carbonyl (C=O) groups excluding carboxylic acids is 8. The minimum absolute atomic E-state index is 0.0650. The Hall–Kier alpha value is -4.62. The van der Waals surface area contributed by atoms with Crippen LogP contribution in [-0.2, 0) is 43.1 Å². The number of nitrogens with zero attached hydrogens (tertiary/aromatic N) is 1. The number of methoxy groups -OCH3 is 1. The first kappa shape index (κ1) is 40.4. The smallest absolute Gasteiger partial charge is 0.305 e.